The van der Waals surface area contributed by atoms with Crippen LogP contribution < -0.4 is 0 Å². The smallest absolute Gasteiger partial charge is 0.236 e. The Kier molecular flexibility index (Phi) is 5.48. The number of rotatable bonds is 5. The van der Waals surface area contributed by atoms with Gasteiger partial charge in [-0.15, -0.1) is 0 Å². The van der Waals surface area contributed by atoms with Crippen molar-refractivity contribution in [1.82, 2.24) is 9.80 Å². The average molecular weight is 336 g/mol. The van der Waals surface area contributed by atoms with Gasteiger partial charge in [-0.05, 0) is 43.6 Å². The number of halogens is 1. The Morgan fingerprint density at radius 2 is 1.92 bits per heavy atom. The number of nitrogens with zero attached hydrogens (tertiary/aromatic N) is 2. The first-order valence-electron chi connectivity index (χ1n) is 8.60. The average Bonchev–Trinajstić information content (AvgIpc) is 3.10. The van der Waals surface area contributed by atoms with Crippen molar-refractivity contribution < 1.29 is 19.0 Å². The maximum absolute atomic E-state index is 13.1. The van der Waals surface area contributed by atoms with Crippen LogP contribution in [0.25, 0.3) is 0 Å². The molecule has 2 heterocycles. The van der Waals surface area contributed by atoms with Gasteiger partial charge >= 0.3 is 0 Å². The first-order chi connectivity index (χ1) is 11.6. The Balaban J connectivity index is 1.64. The van der Waals surface area contributed by atoms with Gasteiger partial charge in [0, 0.05) is 13.0 Å². The van der Waals surface area contributed by atoms with Crippen molar-refractivity contribution in [3.63, 3.8) is 0 Å². The van der Waals surface area contributed by atoms with Crippen molar-refractivity contribution in [2.45, 2.75) is 24.9 Å². The van der Waals surface area contributed by atoms with E-state index >= 15 is 0 Å². The van der Waals surface area contributed by atoms with Gasteiger partial charge in [-0.2, -0.15) is 0 Å². The van der Waals surface area contributed by atoms with Crippen LogP contribution in [0.1, 0.15) is 18.4 Å². The standard InChI is InChI=1S/C18H25FN2O3/c19-16-5-3-15(4-6-16)11-18(14-22)13-21(9-10-24-18)17(23)12-20-7-1-2-8-20/h3-6,22H,1-2,7-14H2. The lowest BCUT2D eigenvalue weighted by Gasteiger charge is -2.42. The van der Waals surface area contributed by atoms with Gasteiger partial charge in [0.25, 0.3) is 0 Å². The number of amides is 1. The van der Waals surface area contributed by atoms with E-state index in [-0.39, 0.29) is 18.3 Å². The lowest BCUT2D eigenvalue weighted by atomic mass is 9.93. The maximum atomic E-state index is 13.1. The van der Waals surface area contributed by atoms with Gasteiger partial charge in [0.15, 0.2) is 0 Å². The molecule has 0 aliphatic carbocycles. The van der Waals surface area contributed by atoms with Gasteiger partial charge < -0.3 is 14.7 Å². The molecular formula is C18H25FN2O3. The molecule has 5 nitrogen and oxygen atoms in total. The molecule has 0 bridgehead atoms. The highest BCUT2D eigenvalue weighted by Crippen LogP contribution is 2.23. The van der Waals surface area contributed by atoms with Gasteiger partial charge in [-0.1, -0.05) is 12.1 Å². The SMILES string of the molecule is O=C(CN1CCCC1)N1CCOC(CO)(Cc2ccc(F)cc2)C1. The highest BCUT2D eigenvalue weighted by molar-refractivity contribution is 5.78. The lowest BCUT2D eigenvalue weighted by Crippen LogP contribution is -2.58. The Bertz CT molecular complexity index is 560. The number of hydrogen-bond donors (Lipinski definition) is 1. The fourth-order valence-electron chi connectivity index (χ4n) is 3.52. The molecule has 6 heteroatoms. The second-order valence-electron chi connectivity index (χ2n) is 6.79. The molecule has 0 aromatic heterocycles. The summed E-state index contributed by atoms with van der Waals surface area (Å²) in [6.07, 6.45) is 2.76. The van der Waals surface area contributed by atoms with Crippen LogP contribution in [0.4, 0.5) is 4.39 Å². The summed E-state index contributed by atoms with van der Waals surface area (Å²) in [7, 11) is 0. The molecule has 2 aliphatic heterocycles. The van der Waals surface area contributed by atoms with Crippen LogP contribution in [-0.2, 0) is 16.0 Å². The van der Waals surface area contributed by atoms with Crippen molar-refractivity contribution in [1.29, 1.82) is 0 Å². The molecule has 0 saturated carbocycles. The van der Waals surface area contributed by atoms with Crippen LogP contribution in [0.15, 0.2) is 24.3 Å². The molecule has 1 amide bonds. The van der Waals surface area contributed by atoms with Crippen molar-refractivity contribution in [2.75, 3.05) is 45.9 Å². The number of benzene rings is 1. The van der Waals surface area contributed by atoms with Crippen LogP contribution in [0, 0.1) is 5.82 Å². The fraction of sp³-hybridized carbons (Fsp3) is 0.611. The third-order valence-electron chi connectivity index (χ3n) is 4.89. The highest BCUT2D eigenvalue weighted by Gasteiger charge is 2.38. The van der Waals surface area contributed by atoms with E-state index in [4.69, 9.17) is 4.74 Å². The van der Waals surface area contributed by atoms with Crippen LogP contribution in [-0.4, -0.2) is 72.4 Å². The second kappa shape index (κ2) is 7.59. The zero-order valence-electron chi connectivity index (χ0n) is 13.9. The predicted molar refractivity (Wildman–Crippen MR) is 88.1 cm³/mol. The number of ether oxygens (including phenoxy) is 1. The van der Waals surface area contributed by atoms with Gasteiger partial charge in [-0.3, -0.25) is 9.69 Å². The van der Waals surface area contributed by atoms with E-state index in [1.165, 1.54) is 12.1 Å². The van der Waals surface area contributed by atoms with Crippen LogP contribution in [0.2, 0.25) is 0 Å². The minimum atomic E-state index is -0.809. The molecule has 1 unspecified atom stereocenters. The zero-order valence-corrected chi connectivity index (χ0v) is 13.9. The van der Waals surface area contributed by atoms with Crippen molar-refractivity contribution in [2.24, 2.45) is 0 Å². The Morgan fingerprint density at radius 1 is 1.21 bits per heavy atom. The third-order valence-corrected chi connectivity index (χ3v) is 4.89. The second-order valence-corrected chi connectivity index (χ2v) is 6.79. The molecule has 24 heavy (non-hydrogen) atoms. The highest BCUT2D eigenvalue weighted by atomic mass is 19.1. The number of likely N-dealkylation sites (tertiary alicyclic amines) is 1. The summed E-state index contributed by atoms with van der Waals surface area (Å²) in [5, 5.41) is 9.89. The Hall–Kier alpha value is -1.50. The third kappa shape index (κ3) is 4.12. The molecule has 2 saturated heterocycles. The monoisotopic (exact) mass is 336 g/mol. The number of aliphatic hydroxyl groups is 1. The summed E-state index contributed by atoms with van der Waals surface area (Å²) < 4.78 is 18.9. The topological polar surface area (TPSA) is 53.0 Å². The molecule has 1 aromatic carbocycles. The fourth-order valence-corrected chi connectivity index (χ4v) is 3.52. The summed E-state index contributed by atoms with van der Waals surface area (Å²) in [5.74, 6) is -0.194. The summed E-state index contributed by atoms with van der Waals surface area (Å²) in [6.45, 7) is 3.57. The Morgan fingerprint density at radius 3 is 2.58 bits per heavy atom. The minimum Gasteiger partial charge on any atom is -0.393 e. The molecule has 2 fully saturated rings. The van der Waals surface area contributed by atoms with E-state index in [1.807, 2.05) is 0 Å². The number of hydrogen-bond acceptors (Lipinski definition) is 4. The number of aliphatic hydroxyl groups excluding tert-OH is 1. The number of carbonyl (C=O) groups is 1. The summed E-state index contributed by atoms with van der Waals surface area (Å²) in [5.41, 5.74) is 0.0795. The first-order valence-corrected chi connectivity index (χ1v) is 8.60. The molecule has 1 atom stereocenters. The molecule has 0 spiro atoms. The van der Waals surface area contributed by atoms with Crippen molar-refractivity contribution in [3.8, 4) is 0 Å². The van der Waals surface area contributed by atoms with E-state index in [0.717, 1.165) is 31.5 Å². The van der Waals surface area contributed by atoms with E-state index in [9.17, 15) is 14.3 Å². The molecule has 1 N–H and O–H groups in total. The van der Waals surface area contributed by atoms with E-state index < -0.39 is 5.60 Å². The molecule has 0 radical (unpaired) electrons. The van der Waals surface area contributed by atoms with E-state index in [2.05, 4.69) is 4.90 Å². The van der Waals surface area contributed by atoms with E-state index in [1.54, 1.807) is 17.0 Å². The molecule has 3 rings (SSSR count). The summed E-state index contributed by atoms with van der Waals surface area (Å²) >= 11 is 0. The van der Waals surface area contributed by atoms with Crippen LogP contribution in [0.5, 0.6) is 0 Å². The summed E-state index contributed by atoms with van der Waals surface area (Å²) in [6, 6.07) is 6.20. The number of carbonyl (C=O) groups excluding carboxylic acids is 1. The van der Waals surface area contributed by atoms with Gasteiger partial charge in [0.05, 0.1) is 26.3 Å². The lowest BCUT2D eigenvalue weighted by molar-refractivity contribution is -0.158. The maximum Gasteiger partial charge on any atom is 0.236 e. The summed E-state index contributed by atoms with van der Waals surface area (Å²) in [4.78, 5) is 16.5. The zero-order chi connectivity index (χ0) is 17.0. The largest absolute Gasteiger partial charge is 0.393 e. The normalized spacial score (nSPS) is 25.2. The minimum absolute atomic E-state index is 0.0946. The van der Waals surface area contributed by atoms with Gasteiger partial charge in [0.2, 0.25) is 5.91 Å². The first kappa shape index (κ1) is 17.3. The molecular weight excluding hydrogens is 311 g/mol. The quantitative estimate of drug-likeness (QED) is 0.873. The predicted octanol–water partition coefficient (Wildman–Crippen LogP) is 1.05. The van der Waals surface area contributed by atoms with Gasteiger partial charge in [0.1, 0.15) is 11.4 Å². The molecule has 2 aliphatic rings. The van der Waals surface area contributed by atoms with E-state index in [0.29, 0.717) is 32.7 Å². The van der Waals surface area contributed by atoms with Crippen LogP contribution >= 0.6 is 0 Å². The Labute approximate surface area is 142 Å². The van der Waals surface area contributed by atoms with Gasteiger partial charge in [-0.25, -0.2) is 4.39 Å². The number of morpholine rings is 1. The van der Waals surface area contributed by atoms with Crippen molar-refractivity contribution >= 4 is 5.91 Å². The van der Waals surface area contributed by atoms with Crippen molar-refractivity contribution in [3.05, 3.63) is 35.6 Å². The van der Waals surface area contributed by atoms with Crippen LogP contribution in [0.3, 0.4) is 0 Å². The molecule has 132 valence electrons. The molecule has 1 aromatic rings.